The molecule has 0 aliphatic heterocycles. The van der Waals surface area contributed by atoms with Gasteiger partial charge in [-0.3, -0.25) is 0 Å². The molecule has 1 unspecified atom stereocenters. The van der Waals surface area contributed by atoms with Crippen LogP contribution in [0.25, 0.3) is 11.0 Å². The Labute approximate surface area is 123 Å². The van der Waals surface area contributed by atoms with Gasteiger partial charge in [-0.2, -0.15) is 0 Å². The zero-order valence-electron chi connectivity index (χ0n) is 11.3. The molecule has 0 aliphatic rings. The van der Waals surface area contributed by atoms with Crippen LogP contribution in [0.4, 0.5) is 5.95 Å². The van der Waals surface area contributed by atoms with Crippen molar-refractivity contribution in [3.05, 3.63) is 59.1 Å². The van der Waals surface area contributed by atoms with Gasteiger partial charge >= 0.3 is 0 Å². The highest BCUT2D eigenvalue weighted by atomic mass is 35.5. The fourth-order valence-corrected chi connectivity index (χ4v) is 2.78. The Morgan fingerprint density at radius 1 is 1.15 bits per heavy atom. The van der Waals surface area contributed by atoms with Crippen molar-refractivity contribution in [1.29, 1.82) is 0 Å². The van der Waals surface area contributed by atoms with Crippen molar-refractivity contribution in [2.24, 2.45) is 0 Å². The summed E-state index contributed by atoms with van der Waals surface area (Å²) in [5.74, 6) is 0.850. The van der Waals surface area contributed by atoms with E-state index < -0.39 is 0 Å². The smallest absolute Gasteiger partial charge is 0.201 e. The first-order valence-electron chi connectivity index (χ1n) is 6.62. The van der Waals surface area contributed by atoms with E-state index in [-0.39, 0.29) is 0 Å². The molecule has 0 amide bonds. The van der Waals surface area contributed by atoms with E-state index in [0.29, 0.717) is 16.9 Å². The minimum absolute atomic E-state index is 0.340. The summed E-state index contributed by atoms with van der Waals surface area (Å²) >= 11 is 6.29. The summed E-state index contributed by atoms with van der Waals surface area (Å²) in [4.78, 5) is 4.38. The molecule has 1 heterocycles. The van der Waals surface area contributed by atoms with Gasteiger partial charge in [0.25, 0.3) is 0 Å². The molecule has 2 aromatic carbocycles. The van der Waals surface area contributed by atoms with E-state index in [2.05, 4.69) is 24.0 Å². The first-order chi connectivity index (χ1) is 9.66. The standard InChI is InChI=1S/C16H16ClN3/c1-11(12-6-3-2-4-7-12)10-20-15-13(17)8-5-9-14(15)19-16(20)18/h2-9,11H,10H2,1H3,(H2,18,19). The number of hydrogen-bond donors (Lipinski definition) is 1. The summed E-state index contributed by atoms with van der Waals surface area (Å²) in [7, 11) is 0. The molecule has 0 bridgehead atoms. The predicted octanol–water partition coefficient (Wildman–Crippen LogP) is 4.08. The molecule has 20 heavy (non-hydrogen) atoms. The predicted molar refractivity (Wildman–Crippen MR) is 84.0 cm³/mol. The van der Waals surface area contributed by atoms with Crippen LogP contribution < -0.4 is 5.73 Å². The molecule has 3 aromatic rings. The summed E-state index contributed by atoms with van der Waals surface area (Å²) in [6, 6.07) is 16.1. The van der Waals surface area contributed by atoms with Gasteiger partial charge in [-0.15, -0.1) is 0 Å². The number of benzene rings is 2. The minimum Gasteiger partial charge on any atom is -0.369 e. The SMILES string of the molecule is CC(Cn1c(N)nc2cccc(Cl)c21)c1ccccc1. The molecule has 0 fully saturated rings. The Morgan fingerprint density at radius 3 is 2.65 bits per heavy atom. The minimum atomic E-state index is 0.340. The molecular formula is C16H16ClN3. The van der Waals surface area contributed by atoms with Gasteiger partial charge in [0.15, 0.2) is 0 Å². The normalized spacial score (nSPS) is 12.7. The lowest BCUT2D eigenvalue weighted by Gasteiger charge is -2.15. The number of anilines is 1. The van der Waals surface area contributed by atoms with Crippen LogP contribution >= 0.6 is 11.6 Å². The van der Waals surface area contributed by atoms with Crippen LogP contribution in [-0.4, -0.2) is 9.55 Å². The lowest BCUT2D eigenvalue weighted by Crippen LogP contribution is -2.09. The topological polar surface area (TPSA) is 43.8 Å². The summed E-state index contributed by atoms with van der Waals surface area (Å²) < 4.78 is 2.00. The molecule has 0 spiro atoms. The number of halogens is 1. The number of para-hydroxylation sites is 1. The molecule has 2 N–H and O–H groups in total. The summed E-state index contributed by atoms with van der Waals surface area (Å²) in [6.45, 7) is 2.94. The van der Waals surface area contributed by atoms with Gasteiger partial charge in [0.1, 0.15) is 0 Å². The first-order valence-corrected chi connectivity index (χ1v) is 7.00. The van der Waals surface area contributed by atoms with Crippen molar-refractivity contribution in [2.45, 2.75) is 19.4 Å². The third kappa shape index (κ3) is 2.25. The average Bonchev–Trinajstić information content (AvgIpc) is 2.77. The molecule has 1 aromatic heterocycles. The van der Waals surface area contributed by atoms with Crippen LogP contribution in [0.3, 0.4) is 0 Å². The van der Waals surface area contributed by atoms with Crippen LogP contribution in [0.5, 0.6) is 0 Å². The van der Waals surface area contributed by atoms with Crippen LogP contribution in [0, 0.1) is 0 Å². The summed E-state index contributed by atoms with van der Waals surface area (Å²) in [5.41, 5.74) is 9.07. The van der Waals surface area contributed by atoms with Crippen molar-refractivity contribution < 1.29 is 0 Å². The van der Waals surface area contributed by atoms with E-state index in [1.165, 1.54) is 5.56 Å². The maximum absolute atomic E-state index is 6.29. The van der Waals surface area contributed by atoms with E-state index in [4.69, 9.17) is 17.3 Å². The summed E-state index contributed by atoms with van der Waals surface area (Å²) in [6.07, 6.45) is 0. The second-order valence-electron chi connectivity index (χ2n) is 5.00. The van der Waals surface area contributed by atoms with Crippen molar-refractivity contribution >= 4 is 28.6 Å². The summed E-state index contributed by atoms with van der Waals surface area (Å²) in [5, 5.41) is 0.687. The van der Waals surface area contributed by atoms with E-state index in [1.807, 2.05) is 41.0 Å². The third-order valence-corrected chi connectivity index (χ3v) is 3.88. The van der Waals surface area contributed by atoms with Gasteiger partial charge in [0.2, 0.25) is 5.95 Å². The first kappa shape index (κ1) is 13.0. The van der Waals surface area contributed by atoms with Gasteiger partial charge in [-0.25, -0.2) is 4.98 Å². The number of aromatic nitrogens is 2. The average molecular weight is 286 g/mol. The van der Waals surface area contributed by atoms with E-state index in [1.54, 1.807) is 0 Å². The van der Waals surface area contributed by atoms with E-state index >= 15 is 0 Å². The van der Waals surface area contributed by atoms with Crippen molar-refractivity contribution in [1.82, 2.24) is 9.55 Å². The maximum Gasteiger partial charge on any atom is 0.201 e. The second kappa shape index (κ2) is 5.17. The highest BCUT2D eigenvalue weighted by molar-refractivity contribution is 6.35. The lowest BCUT2D eigenvalue weighted by atomic mass is 10.0. The second-order valence-corrected chi connectivity index (χ2v) is 5.41. The Kier molecular flexibility index (Phi) is 3.36. The molecule has 102 valence electrons. The molecule has 0 saturated heterocycles. The molecule has 0 saturated carbocycles. The van der Waals surface area contributed by atoms with Crippen LogP contribution in [0.1, 0.15) is 18.4 Å². The monoisotopic (exact) mass is 285 g/mol. The number of rotatable bonds is 3. The number of hydrogen-bond acceptors (Lipinski definition) is 2. The molecule has 3 nitrogen and oxygen atoms in total. The number of imidazole rings is 1. The third-order valence-electron chi connectivity index (χ3n) is 3.57. The zero-order chi connectivity index (χ0) is 14.1. The molecule has 0 aliphatic carbocycles. The Balaban J connectivity index is 2.01. The fraction of sp³-hybridized carbons (Fsp3) is 0.188. The van der Waals surface area contributed by atoms with Crippen LogP contribution in [0.15, 0.2) is 48.5 Å². The van der Waals surface area contributed by atoms with Gasteiger partial charge in [0, 0.05) is 6.54 Å². The fourth-order valence-electron chi connectivity index (χ4n) is 2.51. The number of nitrogens with zero attached hydrogens (tertiary/aromatic N) is 2. The zero-order valence-corrected chi connectivity index (χ0v) is 12.0. The largest absolute Gasteiger partial charge is 0.369 e. The highest BCUT2D eigenvalue weighted by Gasteiger charge is 2.14. The van der Waals surface area contributed by atoms with E-state index in [0.717, 1.165) is 17.6 Å². The van der Waals surface area contributed by atoms with Crippen molar-refractivity contribution in [2.75, 3.05) is 5.73 Å². The number of nitrogen functional groups attached to an aromatic ring is 1. The lowest BCUT2D eigenvalue weighted by molar-refractivity contribution is 0.617. The van der Waals surface area contributed by atoms with Crippen LogP contribution in [-0.2, 0) is 6.54 Å². The van der Waals surface area contributed by atoms with E-state index in [9.17, 15) is 0 Å². The van der Waals surface area contributed by atoms with Gasteiger partial charge in [0.05, 0.1) is 16.1 Å². The Hall–Kier alpha value is -2.00. The van der Waals surface area contributed by atoms with Gasteiger partial charge < -0.3 is 10.3 Å². The molecular weight excluding hydrogens is 270 g/mol. The van der Waals surface area contributed by atoms with Crippen molar-refractivity contribution in [3.63, 3.8) is 0 Å². The van der Waals surface area contributed by atoms with Crippen molar-refractivity contribution in [3.8, 4) is 0 Å². The molecule has 1 atom stereocenters. The van der Waals surface area contributed by atoms with Crippen LogP contribution in [0.2, 0.25) is 5.02 Å². The molecule has 0 radical (unpaired) electrons. The maximum atomic E-state index is 6.29. The quantitative estimate of drug-likeness (QED) is 0.788. The number of fused-ring (bicyclic) bond motifs is 1. The Morgan fingerprint density at radius 2 is 1.90 bits per heavy atom. The highest BCUT2D eigenvalue weighted by Crippen LogP contribution is 2.28. The molecule has 4 heteroatoms. The number of nitrogens with two attached hydrogens (primary N) is 1. The van der Waals surface area contributed by atoms with Gasteiger partial charge in [-0.05, 0) is 23.6 Å². The molecule has 3 rings (SSSR count). The Bertz CT molecular complexity index is 734. The van der Waals surface area contributed by atoms with Gasteiger partial charge in [-0.1, -0.05) is 54.9 Å².